The average Bonchev–Trinajstić information content (AvgIpc) is 2.55. The number of carbonyl (C=O) groups excluding carboxylic acids is 1. The lowest BCUT2D eigenvalue weighted by atomic mass is 10.1. The molecule has 0 radical (unpaired) electrons. The topological polar surface area (TPSA) is 57.7 Å². The number of hydrogen-bond donors (Lipinski definition) is 0. The minimum atomic E-state index is -2.90. The molecule has 0 unspecified atom stereocenters. The van der Waals surface area contributed by atoms with Crippen molar-refractivity contribution in [2.75, 3.05) is 36.0 Å². The van der Waals surface area contributed by atoms with Crippen LogP contribution in [0.2, 0.25) is 0 Å². The third kappa shape index (κ3) is 4.25. The zero-order chi connectivity index (χ0) is 17.0. The van der Waals surface area contributed by atoms with Crippen LogP contribution in [-0.4, -0.2) is 56.4 Å². The summed E-state index contributed by atoms with van der Waals surface area (Å²) in [6.45, 7) is 7.78. The summed E-state index contributed by atoms with van der Waals surface area (Å²) < 4.78 is 23.1. The first kappa shape index (κ1) is 17.8. The van der Waals surface area contributed by atoms with E-state index in [1.807, 2.05) is 41.0 Å². The lowest BCUT2D eigenvalue weighted by molar-refractivity contribution is 0.0700. The van der Waals surface area contributed by atoms with Crippen molar-refractivity contribution in [1.82, 2.24) is 4.90 Å². The number of anilines is 1. The summed E-state index contributed by atoms with van der Waals surface area (Å²) in [5.41, 5.74) is 1.59. The molecular weight excluding hydrogens is 312 g/mol. The SMILES string of the molecule is CC[C@@H](C)N(CC)C(=O)c1cccc(N2CCS(=O)(=O)CC2)c1. The third-order valence-corrected chi connectivity index (χ3v) is 6.14. The van der Waals surface area contributed by atoms with Gasteiger partial charge in [-0.3, -0.25) is 4.79 Å². The maximum atomic E-state index is 12.7. The first-order valence-electron chi connectivity index (χ1n) is 8.24. The standard InChI is InChI=1S/C17H26N2O3S/c1-4-14(3)19(5-2)17(20)15-7-6-8-16(13-15)18-9-11-23(21,22)12-10-18/h6-8,13-14H,4-5,9-12H2,1-3H3/t14-/m1/s1. The van der Waals surface area contributed by atoms with E-state index in [-0.39, 0.29) is 23.5 Å². The molecular formula is C17H26N2O3S. The van der Waals surface area contributed by atoms with E-state index in [9.17, 15) is 13.2 Å². The van der Waals surface area contributed by atoms with Gasteiger partial charge in [0.1, 0.15) is 0 Å². The monoisotopic (exact) mass is 338 g/mol. The Bertz CT molecular complexity index is 644. The summed E-state index contributed by atoms with van der Waals surface area (Å²) in [5, 5.41) is 0. The highest BCUT2D eigenvalue weighted by Crippen LogP contribution is 2.20. The molecule has 1 heterocycles. The molecule has 0 spiro atoms. The van der Waals surface area contributed by atoms with Crippen molar-refractivity contribution in [2.24, 2.45) is 0 Å². The Labute approximate surface area is 139 Å². The Balaban J connectivity index is 2.18. The van der Waals surface area contributed by atoms with Gasteiger partial charge >= 0.3 is 0 Å². The Morgan fingerprint density at radius 1 is 1.26 bits per heavy atom. The molecule has 6 heteroatoms. The fraction of sp³-hybridized carbons (Fsp3) is 0.588. The van der Waals surface area contributed by atoms with Gasteiger partial charge in [0, 0.05) is 36.9 Å². The molecule has 0 aliphatic carbocycles. The van der Waals surface area contributed by atoms with Gasteiger partial charge in [0.15, 0.2) is 9.84 Å². The summed E-state index contributed by atoms with van der Waals surface area (Å²) in [5.74, 6) is 0.395. The van der Waals surface area contributed by atoms with E-state index in [0.29, 0.717) is 25.2 Å². The van der Waals surface area contributed by atoms with Crippen LogP contribution in [0.15, 0.2) is 24.3 Å². The maximum absolute atomic E-state index is 12.7. The number of nitrogens with zero attached hydrogens (tertiary/aromatic N) is 2. The molecule has 1 amide bonds. The van der Waals surface area contributed by atoms with E-state index in [0.717, 1.165) is 12.1 Å². The van der Waals surface area contributed by atoms with E-state index < -0.39 is 9.84 Å². The highest BCUT2D eigenvalue weighted by atomic mass is 32.2. The van der Waals surface area contributed by atoms with Crippen LogP contribution in [0.5, 0.6) is 0 Å². The van der Waals surface area contributed by atoms with Gasteiger partial charge in [-0.1, -0.05) is 13.0 Å². The summed E-state index contributed by atoms with van der Waals surface area (Å²) >= 11 is 0. The van der Waals surface area contributed by atoms with Gasteiger partial charge in [0.25, 0.3) is 5.91 Å². The lowest BCUT2D eigenvalue weighted by Crippen LogP contribution is -2.40. The van der Waals surface area contributed by atoms with Gasteiger partial charge in [-0.25, -0.2) is 8.42 Å². The first-order chi connectivity index (χ1) is 10.9. The fourth-order valence-corrected chi connectivity index (χ4v) is 4.05. The molecule has 1 aliphatic heterocycles. The highest BCUT2D eigenvalue weighted by Gasteiger charge is 2.23. The number of benzene rings is 1. The molecule has 5 nitrogen and oxygen atoms in total. The summed E-state index contributed by atoms with van der Waals surface area (Å²) in [7, 11) is -2.90. The lowest BCUT2D eigenvalue weighted by Gasteiger charge is -2.30. The van der Waals surface area contributed by atoms with Gasteiger partial charge in [-0.2, -0.15) is 0 Å². The zero-order valence-corrected chi connectivity index (χ0v) is 15.0. The van der Waals surface area contributed by atoms with Crippen LogP contribution >= 0.6 is 0 Å². The van der Waals surface area contributed by atoms with E-state index in [1.54, 1.807) is 0 Å². The third-order valence-electron chi connectivity index (χ3n) is 4.53. The van der Waals surface area contributed by atoms with Crippen LogP contribution in [0.25, 0.3) is 0 Å². The van der Waals surface area contributed by atoms with Crippen molar-refractivity contribution in [1.29, 1.82) is 0 Å². The zero-order valence-electron chi connectivity index (χ0n) is 14.2. The molecule has 1 aromatic rings. The van der Waals surface area contributed by atoms with Gasteiger partial charge in [-0.05, 0) is 38.5 Å². The molecule has 1 aromatic carbocycles. The van der Waals surface area contributed by atoms with Crippen molar-refractivity contribution in [2.45, 2.75) is 33.2 Å². The van der Waals surface area contributed by atoms with Crippen LogP contribution in [-0.2, 0) is 9.84 Å². The van der Waals surface area contributed by atoms with Crippen molar-refractivity contribution < 1.29 is 13.2 Å². The smallest absolute Gasteiger partial charge is 0.254 e. The Morgan fingerprint density at radius 3 is 2.48 bits per heavy atom. The second-order valence-corrected chi connectivity index (χ2v) is 8.34. The minimum absolute atomic E-state index is 0.0355. The number of carbonyl (C=O) groups is 1. The van der Waals surface area contributed by atoms with E-state index in [1.165, 1.54) is 0 Å². The summed E-state index contributed by atoms with van der Waals surface area (Å²) in [4.78, 5) is 16.6. The van der Waals surface area contributed by atoms with Gasteiger partial charge in [-0.15, -0.1) is 0 Å². The van der Waals surface area contributed by atoms with E-state index in [2.05, 4.69) is 13.8 Å². The van der Waals surface area contributed by atoms with Crippen LogP contribution < -0.4 is 4.90 Å². The first-order valence-corrected chi connectivity index (χ1v) is 10.1. The van der Waals surface area contributed by atoms with Crippen LogP contribution in [0.3, 0.4) is 0 Å². The van der Waals surface area contributed by atoms with E-state index in [4.69, 9.17) is 0 Å². The maximum Gasteiger partial charge on any atom is 0.254 e. The molecule has 1 saturated heterocycles. The van der Waals surface area contributed by atoms with Gasteiger partial charge in [0.2, 0.25) is 0 Å². The molecule has 128 valence electrons. The van der Waals surface area contributed by atoms with Crippen molar-refractivity contribution in [3.8, 4) is 0 Å². The molecule has 1 atom stereocenters. The molecule has 1 fully saturated rings. The number of rotatable bonds is 5. The molecule has 0 N–H and O–H groups in total. The Morgan fingerprint density at radius 2 is 1.91 bits per heavy atom. The van der Waals surface area contributed by atoms with Crippen LogP contribution in [0, 0.1) is 0 Å². The second-order valence-electron chi connectivity index (χ2n) is 6.04. The van der Waals surface area contributed by atoms with Gasteiger partial charge < -0.3 is 9.80 Å². The van der Waals surface area contributed by atoms with Gasteiger partial charge in [0.05, 0.1) is 11.5 Å². The molecule has 0 bridgehead atoms. The highest BCUT2D eigenvalue weighted by molar-refractivity contribution is 7.91. The summed E-state index contributed by atoms with van der Waals surface area (Å²) in [6.07, 6.45) is 0.920. The number of hydrogen-bond acceptors (Lipinski definition) is 4. The fourth-order valence-electron chi connectivity index (χ4n) is 2.85. The quantitative estimate of drug-likeness (QED) is 0.826. The minimum Gasteiger partial charge on any atom is -0.369 e. The molecule has 0 aromatic heterocycles. The van der Waals surface area contributed by atoms with Crippen molar-refractivity contribution in [3.05, 3.63) is 29.8 Å². The molecule has 23 heavy (non-hydrogen) atoms. The molecule has 2 rings (SSSR count). The Hall–Kier alpha value is -1.56. The summed E-state index contributed by atoms with van der Waals surface area (Å²) in [6, 6.07) is 7.73. The second kappa shape index (κ2) is 7.34. The Kier molecular flexibility index (Phi) is 5.68. The average molecular weight is 338 g/mol. The largest absolute Gasteiger partial charge is 0.369 e. The van der Waals surface area contributed by atoms with Crippen LogP contribution in [0.4, 0.5) is 5.69 Å². The normalized spacial score (nSPS) is 18.5. The molecule has 1 aliphatic rings. The molecule has 0 saturated carbocycles. The number of sulfone groups is 1. The van der Waals surface area contributed by atoms with Crippen molar-refractivity contribution >= 4 is 21.4 Å². The predicted octanol–water partition coefficient (Wildman–Crippen LogP) is 2.18. The predicted molar refractivity (Wildman–Crippen MR) is 93.8 cm³/mol. The van der Waals surface area contributed by atoms with E-state index >= 15 is 0 Å². The van der Waals surface area contributed by atoms with Crippen LogP contribution in [0.1, 0.15) is 37.6 Å². The number of amides is 1. The van der Waals surface area contributed by atoms with Crippen molar-refractivity contribution in [3.63, 3.8) is 0 Å².